The summed E-state index contributed by atoms with van der Waals surface area (Å²) < 4.78 is 7.83. The number of ketones is 1. The van der Waals surface area contributed by atoms with Crippen LogP contribution >= 0.6 is 43.2 Å². The zero-order chi connectivity index (χ0) is 12.7. The Morgan fingerprint density at radius 2 is 2.06 bits per heavy atom. The molecule has 0 fully saturated rings. The van der Waals surface area contributed by atoms with Gasteiger partial charge in [0.1, 0.15) is 11.9 Å². The van der Waals surface area contributed by atoms with Crippen molar-refractivity contribution in [2.24, 2.45) is 0 Å². The number of carbonyl (C=O) groups excluding carboxylic acids is 1. The lowest BCUT2D eigenvalue weighted by Crippen LogP contribution is -2.19. The van der Waals surface area contributed by atoms with E-state index in [1.165, 1.54) is 0 Å². The van der Waals surface area contributed by atoms with Crippen molar-refractivity contribution in [3.63, 3.8) is 0 Å². The van der Waals surface area contributed by atoms with Crippen LogP contribution in [0.5, 0.6) is 5.75 Å². The summed E-state index contributed by atoms with van der Waals surface area (Å²) in [5.41, 5.74) is 0.663. The first-order chi connectivity index (χ1) is 8.63. The van der Waals surface area contributed by atoms with Crippen molar-refractivity contribution in [2.45, 2.75) is 12.5 Å². The molecule has 0 aliphatic carbocycles. The number of carbonyl (C=O) groups is 1. The monoisotopic (exact) mass is 386 g/mol. The Bertz CT molecular complexity index is 621. The maximum Gasteiger partial charge on any atom is 0.170 e. The predicted octanol–water partition coefficient (Wildman–Crippen LogP) is 4.98. The van der Waals surface area contributed by atoms with Gasteiger partial charge < -0.3 is 4.74 Å². The van der Waals surface area contributed by atoms with E-state index >= 15 is 0 Å². The third-order valence-electron chi connectivity index (χ3n) is 2.79. The normalized spacial score (nSPS) is 18.3. The van der Waals surface area contributed by atoms with Gasteiger partial charge >= 0.3 is 0 Å². The first-order valence-corrected chi connectivity index (χ1v) is 7.83. The van der Waals surface area contributed by atoms with E-state index in [0.717, 1.165) is 13.8 Å². The molecular formula is C13H8Br2O2S. The summed E-state index contributed by atoms with van der Waals surface area (Å²) in [6.07, 6.45) is 0.235. The van der Waals surface area contributed by atoms with Gasteiger partial charge in [0, 0.05) is 19.2 Å². The van der Waals surface area contributed by atoms with Gasteiger partial charge in [-0.15, -0.1) is 11.3 Å². The molecule has 0 spiro atoms. The van der Waals surface area contributed by atoms with Crippen LogP contribution in [0.4, 0.5) is 0 Å². The summed E-state index contributed by atoms with van der Waals surface area (Å²) in [7, 11) is 0. The Hall–Kier alpha value is -0.650. The molecule has 1 aliphatic rings. The van der Waals surface area contributed by atoms with Crippen LogP contribution in [0.25, 0.3) is 0 Å². The number of Topliss-reactive ketones (excluding diaryl/α,β-unsaturated/α-hetero) is 1. The minimum absolute atomic E-state index is 0.132. The molecule has 2 nitrogen and oxygen atoms in total. The molecule has 2 aromatic rings. The van der Waals surface area contributed by atoms with E-state index in [9.17, 15) is 4.79 Å². The van der Waals surface area contributed by atoms with E-state index < -0.39 is 0 Å². The molecule has 2 heterocycles. The Labute approximate surface area is 125 Å². The average Bonchev–Trinajstić information content (AvgIpc) is 2.77. The third kappa shape index (κ3) is 2.27. The highest BCUT2D eigenvalue weighted by Gasteiger charge is 2.28. The van der Waals surface area contributed by atoms with Crippen LogP contribution in [0.2, 0.25) is 0 Å². The molecule has 0 amide bonds. The number of fused-ring (bicyclic) bond motifs is 1. The molecule has 1 aliphatic heterocycles. The number of halogens is 2. The van der Waals surface area contributed by atoms with E-state index in [2.05, 4.69) is 31.9 Å². The van der Waals surface area contributed by atoms with Crippen LogP contribution in [-0.2, 0) is 0 Å². The molecule has 3 rings (SSSR count). The summed E-state index contributed by atoms with van der Waals surface area (Å²) in [5, 5.41) is 2.00. The molecule has 1 atom stereocenters. The van der Waals surface area contributed by atoms with Crippen molar-refractivity contribution >= 4 is 49.0 Å². The van der Waals surface area contributed by atoms with E-state index in [-0.39, 0.29) is 11.9 Å². The number of ether oxygens (including phenoxy) is 1. The van der Waals surface area contributed by atoms with Gasteiger partial charge in [-0.3, -0.25) is 4.79 Å². The molecular weight excluding hydrogens is 380 g/mol. The maximum absolute atomic E-state index is 12.1. The number of hydrogen-bond acceptors (Lipinski definition) is 3. The lowest BCUT2D eigenvalue weighted by molar-refractivity contribution is 0.0854. The third-order valence-corrected chi connectivity index (χ3v) is 5.07. The number of thiophene rings is 1. The van der Waals surface area contributed by atoms with Crippen molar-refractivity contribution in [2.75, 3.05) is 0 Å². The number of hydrogen-bond donors (Lipinski definition) is 0. The molecule has 1 aromatic carbocycles. The van der Waals surface area contributed by atoms with E-state index in [1.807, 2.05) is 29.6 Å². The summed E-state index contributed by atoms with van der Waals surface area (Å²) >= 11 is 8.39. The van der Waals surface area contributed by atoms with Crippen molar-refractivity contribution in [1.82, 2.24) is 0 Å². The Morgan fingerprint density at radius 3 is 2.78 bits per heavy atom. The van der Waals surface area contributed by atoms with Crippen LogP contribution < -0.4 is 4.74 Å². The Balaban J connectivity index is 1.96. The van der Waals surface area contributed by atoms with Crippen molar-refractivity contribution < 1.29 is 9.53 Å². The Morgan fingerprint density at radius 1 is 1.22 bits per heavy atom. The van der Waals surface area contributed by atoms with Gasteiger partial charge in [0.05, 0.1) is 12.0 Å². The second kappa shape index (κ2) is 4.79. The van der Waals surface area contributed by atoms with Crippen LogP contribution in [0, 0.1) is 0 Å². The van der Waals surface area contributed by atoms with Crippen LogP contribution in [0.3, 0.4) is 0 Å². The van der Waals surface area contributed by atoms with E-state index in [1.54, 1.807) is 11.3 Å². The minimum Gasteiger partial charge on any atom is -0.484 e. The molecule has 0 saturated carbocycles. The highest BCUT2D eigenvalue weighted by molar-refractivity contribution is 9.10. The molecule has 92 valence electrons. The molecule has 1 unspecified atom stereocenters. The zero-order valence-corrected chi connectivity index (χ0v) is 13.1. The van der Waals surface area contributed by atoms with Crippen LogP contribution in [-0.4, -0.2) is 5.78 Å². The second-order valence-corrected chi connectivity index (χ2v) is 6.82. The van der Waals surface area contributed by atoms with Gasteiger partial charge in [-0.2, -0.15) is 0 Å². The highest BCUT2D eigenvalue weighted by Crippen LogP contribution is 2.38. The summed E-state index contributed by atoms with van der Waals surface area (Å²) in [5.74, 6) is 0.802. The highest BCUT2D eigenvalue weighted by atomic mass is 79.9. The molecule has 0 bridgehead atoms. The topological polar surface area (TPSA) is 26.3 Å². The second-order valence-electron chi connectivity index (χ2n) is 4.04. The van der Waals surface area contributed by atoms with E-state index in [4.69, 9.17) is 4.74 Å². The quantitative estimate of drug-likeness (QED) is 0.689. The minimum atomic E-state index is -0.164. The molecule has 0 saturated heterocycles. The molecule has 1 aromatic heterocycles. The van der Waals surface area contributed by atoms with Crippen molar-refractivity contribution in [1.29, 1.82) is 0 Å². The van der Waals surface area contributed by atoms with Crippen LogP contribution in [0.15, 0.2) is 38.6 Å². The lowest BCUT2D eigenvalue weighted by atomic mass is 10.00. The average molecular weight is 388 g/mol. The molecule has 0 N–H and O–H groups in total. The molecule has 0 radical (unpaired) electrons. The van der Waals surface area contributed by atoms with Gasteiger partial charge in [0.2, 0.25) is 0 Å². The fourth-order valence-corrected chi connectivity index (χ4v) is 3.79. The van der Waals surface area contributed by atoms with E-state index in [0.29, 0.717) is 17.7 Å². The fourth-order valence-electron chi connectivity index (χ4n) is 1.95. The lowest BCUT2D eigenvalue weighted by Gasteiger charge is -2.24. The van der Waals surface area contributed by atoms with Gasteiger partial charge in [-0.25, -0.2) is 0 Å². The fraction of sp³-hybridized carbons (Fsp3) is 0.154. The van der Waals surface area contributed by atoms with Crippen molar-refractivity contribution in [3.05, 3.63) is 49.0 Å². The SMILES string of the molecule is O=C1CC(c2cc(Br)cs2)Oc2ccc(Br)cc21. The predicted molar refractivity (Wildman–Crippen MR) is 78.5 cm³/mol. The zero-order valence-electron chi connectivity index (χ0n) is 9.15. The largest absolute Gasteiger partial charge is 0.484 e. The Kier molecular flexibility index (Phi) is 3.30. The first-order valence-electron chi connectivity index (χ1n) is 5.37. The van der Waals surface area contributed by atoms with Gasteiger partial charge in [0.25, 0.3) is 0 Å². The van der Waals surface area contributed by atoms with Crippen LogP contribution in [0.1, 0.15) is 27.8 Å². The smallest absolute Gasteiger partial charge is 0.170 e. The molecule has 5 heteroatoms. The maximum atomic E-state index is 12.1. The number of rotatable bonds is 1. The summed E-state index contributed by atoms with van der Waals surface area (Å²) in [6, 6.07) is 7.55. The van der Waals surface area contributed by atoms with Gasteiger partial charge in [-0.05, 0) is 40.2 Å². The summed E-state index contributed by atoms with van der Waals surface area (Å²) in [6.45, 7) is 0. The number of benzene rings is 1. The van der Waals surface area contributed by atoms with Crippen molar-refractivity contribution in [3.8, 4) is 5.75 Å². The van der Waals surface area contributed by atoms with Gasteiger partial charge in [-0.1, -0.05) is 15.9 Å². The standard InChI is InChI=1S/C13H8Br2O2S/c14-7-1-2-11-9(3-7)10(16)5-12(17-11)13-4-8(15)6-18-13/h1-4,6,12H,5H2. The first kappa shape index (κ1) is 12.4. The molecule has 18 heavy (non-hydrogen) atoms. The summed E-state index contributed by atoms with van der Waals surface area (Å²) in [4.78, 5) is 13.2. The van der Waals surface area contributed by atoms with Gasteiger partial charge in [0.15, 0.2) is 5.78 Å².